The standard InChI is InChI=1S/C22H25N3O2/c1-15-8-3-4-10-18(15)23-21(26)16(2)25-13-7-9-17(14-25)22-24-19-11-5-6-12-20(19)27-22/h3-6,8,10-12,16-17H,7,9,13-14H2,1-2H3,(H,23,26). The average Bonchev–Trinajstić information content (AvgIpc) is 3.13. The lowest BCUT2D eigenvalue weighted by Gasteiger charge is -2.35. The summed E-state index contributed by atoms with van der Waals surface area (Å²) in [4.78, 5) is 19.6. The molecule has 2 unspecified atom stereocenters. The SMILES string of the molecule is Cc1ccccc1NC(=O)C(C)N1CCCC(c2nc3ccccc3o2)C1. The monoisotopic (exact) mass is 363 g/mol. The van der Waals surface area contributed by atoms with Crippen molar-refractivity contribution >= 4 is 22.7 Å². The fourth-order valence-electron chi connectivity index (χ4n) is 3.74. The molecule has 5 nitrogen and oxygen atoms in total. The van der Waals surface area contributed by atoms with Gasteiger partial charge in [0.05, 0.1) is 6.04 Å². The molecule has 2 heterocycles. The first-order valence-corrected chi connectivity index (χ1v) is 9.58. The topological polar surface area (TPSA) is 58.4 Å². The van der Waals surface area contributed by atoms with E-state index in [0.717, 1.165) is 54.2 Å². The predicted molar refractivity (Wildman–Crippen MR) is 107 cm³/mol. The second kappa shape index (κ2) is 7.53. The minimum atomic E-state index is -0.197. The molecule has 0 bridgehead atoms. The molecular weight excluding hydrogens is 338 g/mol. The number of aromatic nitrogens is 1. The van der Waals surface area contributed by atoms with Gasteiger partial charge in [0.1, 0.15) is 5.52 Å². The van der Waals surface area contributed by atoms with Gasteiger partial charge in [-0.3, -0.25) is 9.69 Å². The highest BCUT2D eigenvalue weighted by molar-refractivity contribution is 5.95. The maximum atomic E-state index is 12.8. The van der Waals surface area contributed by atoms with Gasteiger partial charge in [0.25, 0.3) is 0 Å². The Bertz CT molecular complexity index is 916. The first-order chi connectivity index (χ1) is 13.1. The molecule has 0 radical (unpaired) electrons. The molecule has 1 fully saturated rings. The van der Waals surface area contributed by atoms with Crippen molar-refractivity contribution in [3.05, 3.63) is 60.0 Å². The molecule has 1 amide bonds. The predicted octanol–water partition coefficient (Wildman–Crippen LogP) is 4.34. The molecule has 1 aromatic heterocycles. The molecule has 3 aromatic rings. The number of piperidine rings is 1. The van der Waals surface area contributed by atoms with Crippen molar-refractivity contribution < 1.29 is 9.21 Å². The van der Waals surface area contributed by atoms with Gasteiger partial charge in [-0.2, -0.15) is 0 Å². The number of hydrogen-bond donors (Lipinski definition) is 1. The Balaban J connectivity index is 1.45. The Hall–Kier alpha value is -2.66. The molecule has 2 atom stereocenters. The summed E-state index contributed by atoms with van der Waals surface area (Å²) in [7, 11) is 0. The summed E-state index contributed by atoms with van der Waals surface area (Å²) in [5.74, 6) is 1.04. The van der Waals surface area contributed by atoms with Crippen LogP contribution < -0.4 is 5.32 Å². The van der Waals surface area contributed by atoms with Crippen LogP contribution in [0.5, 0.6) is 0 Å². The summed E-state index contributed by atoms with van der Waals surface area (Å²) in [6.07, 6.45) is 2.07. The van der Waals surface area contributed by atoms with E-state index in [4.69, 9.17) is 4.42 Å². The lowest BCUT2D eigenvalue weighted by Crippen LogP contribution is -2.46. The van der Waals surface area contributed by atoms with E-state index in [9.17, 15) is 4.79 Å². The highest BCUT2D eigenvalue weighted by atomic mass is 16.3. The summed E-state index contributed by atoms with van der Waals surface area (Å²) in [5.41, 5.74) is 3.67. The van der Waals surface area contributed by atoms with Crippen LogP contribution >= 0.6 is 0 Å². The van der Waals surface area contributed by atoms with E-state index in [1.807, 2.05) is 62.4 Å². The molecule has 5 heteroatoms. The zero-order valence-electron chi connectivity index (χ0n) is 15.8. The largest absolute Gasteiger partial charge is 0.440 e. The van der Waals surface area contributed by atoms with Gasteiger partial charge in [-0.1, -0.05) is 30.3 Å². The van der Waals surface area contributed by atoms with Crippen molar-refractivity contribution in [2.24, 2.45) is 0 Å². The maximum absolute atomic E-state index is 12.8. The van der Waals surface area contributed by atoms with Gasteiger partial charge in [-0.25, -0.2) is 4.98 Å². The number of carbonyl (C=O) groups is 1. The number of likely N-dealkylation sites (tertiary alicyclic amines) is 1. The Labute approximate surface area is 159 Å². The minimum absolute atomic E-state index is 0.0301. The molecule has 140 valence electrons. The van der Waals surface area contributed by atoms with E-state index in [-0.39, 0.29) is 17.9 Å². The third kappa shape index (κ3) is 3.74. The van der Waals surface area contributed by atoms with Crippen LogP contribution in [0.4, 0.5) is 5.69 Å². The smallest absolute Gasteiger partial charge is 0.241 e. The molecule has 2 aromatic carbocycles. The van der Waals surface area contributed by atoms with Crippen LogP contribution in [0.2, 0.25) is 0 Å². The van der Waals surface area contributed by atoms with Crippen LogP contribution in [0.1, 0.15) is 37.1 Å². The van der Waals surface area contributed by atoms with Gasteiger partial charge in [0.15, 0.2) is 11.5 Å². The van der Waals surface area contributed by atoms with Crippen molar-refractivity contribution in [2.75, 3.05) is 18.4 Å². The third-order valence-corrected chi connectivity index (χ3v) is 5.44. The van der Waals surface area contributed by atoms with Crippen molar-refractivity contribution in [1.82, 2.24) is 9.88 Å². The number of anilines is 1. The number of nitrogens with zero attached hydrogens (tertiary/aromatic N) is 2. The number of carbonyl (C=O) groups excluding carboxylic acids is 1. The van der Waals surface area contributed by atoms with Gasteiger partial charge in [0, 0.05) is 18.2 Å². The first-order valence-electron chi connectivity index (χ1n) is 9.58. The van der Waals surface area contributed by atoms with Gasteiger partial charge in [-0.15, -0.1) is 0 Å². The number of benzene rings is 2. The van der Waals surface area contributed by atoms with Crippen molar-refractivity contribution in [1.29, 1.82) is 0 Å². The molecule has 1 N–H and O–H groups in total. The number of amides is 1. The molecule has 0 spiro atoms. The summed E-state index contributed by atoms with van der Waals surface area (Å²) < 4.78 is 5.97. The molecule has 1 saturated heterocycles. The van der Waals surface area contributed by atoms with Gasteiger partial charge in [0.2, 0.25) is 5.91 Å². The van der Waals surface area contributed by atoms with E-state index in [1.54, 1.807) is 0 Å². The van der Waals surface area contributed by atoms with E-state index >= 15 is 0 Å². The van der Waals surface area contributed by atoms with Crippen molar-refractivity contribution in [3.8, 4) is 0 Å². The minimum Gasteiger partial charge on any atom is -0.440 e. The van der Waals surface area contributed by atoms with Crippen molar-refractivity contribution in [2.45, 2.75) is 38.6 Å². The van der Waals surface area contributed by atoms with E-state index in [2.05, 4.69) is 15.2 Å². The number of para-hydroxylation sites is 3. The van der Waals surface area contributed by atoms with Crippen LogP contribution in [0.15, 0.2) is 52.9 Å². The third-order valence-electron chi connectivity index (χ3n) is 5.44. The summed E-state index contributed by atoms with van der Waals surface area (Å²) in [6, 6.07) is 15.5. The van der Waals surface area contributed by atoms with Crippen LogP contribution in [-0.2, 0) is 4.79 Å². The zero-order valence-corrected chi connectivity index (χ0v) is 15.8. The molecule has 0 aliphatic carbocycles. The normalized spacial score (nSPS) is 19.1. The lowest BCUT2D eigenvalue weighted by molar-refractivity contribution is -0.121. The number of rotatable bonds is 4. The van der Waals surface area contributed by atoms with Crippen LogP contribution in [0, 0.1) is 6.92 Å². The van der Waals surface area contributed by atoms with E-state index in [1.165, 1.54) is 0 Å². The molecule has 27 heavy (non-hydrogen) atoms. The van der Waals surface area contributed by atoms with E-state index in [0.29, 0.717) is 0 Å². The second-order valence-electron chi connectivity index (χ2n) is 7.33. The molecule has 0 saturated carbocycles. The lowest BCUT2D eigenvalue weighted by atomic mass is 9.96. The summed E-state index contributed by atoms with van der Waals surface area (Å²) in [6.45, 7) is 5.68. The highest BCUT2D eigenvalue weighted by Gasteiger charge is 2.30. The number of oxazole rings is 1. The molecular formula is C22H25N3O2. The highest BCUT2D eigenvalue weighted by Crippen LogP contribution is 2.30. The molecule has 1 aliphatic heterocycles. The van der Waals surface area contributed by atoms with E-state index < -0.39 is 0 Å². The second-order valence-corrected chi connectivity index (χ2v) is 7.33. The van der Waals surface area contributed by atoms with Crippen LogP contribution in [0.25, 0.3) is 11.1 Å². The Morgan fingerprint density at radius 3 is 2.81 bits per heavy atom. The van der Waals surface area contributed by atoms with Crippen molar-refractivity contribution in [3.63, 3.8) is 0 Å². The molecule has 4 rings (SSSR count). The number of hydrogen-bond acceptors (Lipinski definition) is 4. The average molecular weight is 363 g/mol. The summed E-state index contributed by atoms with van der Waals surface area (Å²) >= 11 is 0. The quantitative estimate of drug-likeness (QED) is 0.749. The fraction of sp³-hybridized carbons (Fsp3) is 0.364. The number of fused-ring (bicyclic) bond motifs is 1. The number of aryl methyl sites for hydroxylation is 1. The maximum Gasteiger partial charge on any atom is 0.241 e. The fourth-order valence-corrected chi connectivity index (χ4v) is 3.74. The molecule has 1 aliphatic rings. The van der Waals surface area contributed by atoms with Gasteiger partial charge < -0.3 is 9.73 Å². The van der Waals surface area contributed by atoms with Crippen LogP contribution in [-0.4, -0.2) is 34.9 Å². The zero-order chi connectivity index (χ0) is 18.8. The first kappa shape index (κ1) is 17.7. The number of nitrogens with one attached hydrogen (secondary N) is 1. The van der Waals surface area contributed by atoms with Gasteiger partial charge in [-0.05, 0) is 57.0 Å². The Morgan fingerprint density at radius 1 is 1.22 bits per heavy atom. The Kier molecular flexibility index (Phi) is 4.94. The van der Waals surface area contributed by atoms with Gasteiger partial charge >= 0.3 is 0 Å². The van der Waals surface area contributed by atoms with Crippen LogP contribution in [0.3, 0.4) is 0 Å². The Morgan fingerprint density at radius 2 is 2.00 bits per heavy atom. The summed E-state index contributed by atoms with van der Waals surface area (Å²) in [5, 5.41) is 3.06.